The van der Waals surface area contributed by atoms with Crippen LogP contribution in [0.25, 0.3) is 33.7 Å². The number of fused-ring (bicyclic) bond motifs is 3. The first-order chi connectivity index (χ1) is 12.2. The summed E-state index contributed by atoms with van der Waals surface area (Å²) in [6.07, 6.45) is 3.46. The summed E-state index contributed by atoms with van der Waals surface area (Å²) in [5.74, 6) is 1.21. The summed E-state index contributed by atoms with van der Waals surface area (Å²) in [4.78, 5) is 8.05. The number of rotatable bonds is 2. The molecule has 0 unspecified atom stereocenters. The van der Waals surface area contributed by atoms with E-state index in [0.717, 1.165) is 29.5 Å². The maximum absolute atomic E-state index is 9.88. The molecule has 0 atom stereocenters. The summed E-state index contributed by atoms with van der Waals surface area (Å²) in [5.41, 5.74) is 6.37. The fraction of sp³-hybridized carbons (Fsp3) is 0.200. The van der Waals surface area contributed by atoms with E-state index in [2.05, 4.69) is 27.3 Å². The molecule has 5 heteroatoms. The van der Waals surface area contributed by atoms with Gasteiger partial charge in [-0.3, -0.25) is 0 Å². The number of hydrogen-bond donors (Lipinski definition) is 2. The summed E-state index contributed by atoms with van der Waals surface area (Å²) >= 11 is 0. The Hall–Kier alpha value is -3.08. The van der Waals surface area contributed by atoms with Crippen molar-refractivity contribution in [3.63, 3.8) is 0 Å². The molecule has 1 aliphatic carbocycles. The maximum Gasteiger partial charge on any atom is 0.258 e. The van der Waals surface area contributed by atoms with Crippen LogP contribution in [-0.2, 0) is 12.8 Å². The molecule has 2 aromatic heterocycles. The van der Waals surface area contributed by atoms with Crippen LogP contribution in [0.4, 0.5) is 0 Å². The topological polar surface area (TPSA) is 74.9 Å². The molecule has 0 spiro atoms. The number of aromatic nitrogens is 3. The van der Waals surface area contributed by atoms with Crippen LogP contribution in [0.1, 0.15) is 23.2 Å². The molecule has 0 aliphatic heterocycles. The van der Waals surface area contributed by atoms with Gasteiger partial charge in [-0.15, -0.1) is 0 Å². The van der Waals surface area contributed by atoms with Crippen molar-refractivity contribution < 1.29 is 9.63 Å². The SMILES string of the molecule is Cc1c(O)cccc1-c1nc(-c2ccc3[nH]c4c(c3c2)CCC4)no1. The minimum Gasteiger partial charge on any atom is -0.508 e. The van der Waals surface area contributed by atoms with Gasteiger partial charge in [0.25, 0.3) is 5.89 Å². The van der Waals surface area contributed by atoms with Crippen LogP contribution >= 0.6 is 0 Å². The van der Waals surface area contributed by atoms with E-state index in [1.54, 1.807) is 12.1 Å². The van der Waals surface area contributed by atoms with Crippen LogP contribution < -0.4 is 0 Å². The summed E-state index contributed by atoms with van der Waals surface area (Å²) in [6, 6.07) is 11.5. The predicted octanol–water partition coefficient (Wildman–Crippen LogP) is 4.39. The molecule has 4 aromatic rings. The Morgan fingerprint density at radius 1 is 1.16 bits per heavy atom. The Balaban J connectivity index is 1.59. The number of H-pyrrole nitrogens is 1. The van der Waals surface area contributed by atoms with Gasteiger partial charge in [0.1, 0.15) is 5.75 Å². The van der Waals surface area contributed by atoms with E-state index in [-0.39, 0.29) is 5.75 Å². The third kappa shape index (κ3) is 2.16. The van der Waals surface area contributed by atoms with Crippen molar-refractivity contribution in [2.45, 2.75) is 26.2 Å². The molecule has 0 bridgehead atoms. The van der Waals surface area contributed by atoms with E-state index >= 15 is 0 Å². The van der Waals surface area contributed by atoms with Crippen LogP contribution in [-0.4, -0.2) is 20.2 Å². The van der Waals surface area contributed by atoms with Gasteiger partial charge in [-0.2, -0.15) is 4.98 Å². The fourth-order valence-corrected chi connectivity index (χ4v) is 3.69. The smallest absolute Gasteiger partial charge is 0.258 e. The van der Waals surface area contributed by atoms with Crippen molar-refractivity contribution in [2.75, 3.05) is 0 Å². The van der Waals surface area contributed by atoms with Gasteiger partial charge in [-0.1, -0.05) is 11.2 Å². The highest BCUT2D eigenvalue weighted by atomic mass is 16.5. The van der Waals surface area contributed by atoms with Gasteiger partial charge in [0.15, 0.2) is 0 Å². The molecule has 0 radical (unpaired) electrons. The van der Waals surface area contributed by atoms with Crippen molar-refractivity contribution in [3.8, 4) is 28.6 Å². The van der Waals surface area contributed by atoms with E-state index in [1.807, 2.05) is 19.1 Å². The molecule has 0 saturated heterocycles. The van der Waals surface area contributed by atoms with Gasteiger partial charge in [0.2, 0.25) is 5.82 Å². The molecule has 0 amide bonds. The zero-order chi connectivity index (χ0) is 17.0. The van der Waals surface area contributed by atoms with Gasteiger partial charge < -0.3 is 14.6 Å². The number of benzene rings is 2. The fourth-order valence-electron chi connectivity index (χ4n) is 3.69. The number of nitrogens with one attached hydrogen (secondary N) is 1. The molecule has 25 heavy (non-hydrogen) atoms. The maximum atomic E-state index is 9.88. The number of aromatic amines is 1. The third-order valence-electron chi connectivity index (χ3n) is 5.07. The molecule has 5 nitrogen and oxygen atoms in total. The largest absolute Gasteiger partial charge is 0.508 e. The standard InChI is InChI=1S/C20H17N3O2/c1-11-13(4-3-7-18(11)24)20-22-19(23-25-20)12-8-9-17-15(10-12)14-5-2-6-16(14)21-17/h3-4,7-10,21,24H,2,5-6H2,1H3. The zero-order valence-electron chi connectivity index (χ0n) is 13.8. The number of nitrogens with zero attached hydrogens (tertiary/aromatic N) is 2. The lowest BCUT2D eigenvalue weighted by molar-refractivity contribution is 0.431. The molecule has 124 valence electrons. The Morgan fingerprint density at radius 3 is 3.00 bits per heavy atom. The molecule has 5 rings (SSSR count). The van der Waals surface area contributed by atoms with Gasteiger partial charge in [-0.05, 0) is 62.1 Å². The number of aryl methyl sites for hydroxylation is 2. The first-order valence-corrected chi connectivity index (χ1v) is 8.47. The normalized spacial score (nSPS) is 13.5. The Labute approximate surface area is 144 Å². The van der Waals surface area contributed by atoms with Crippen LogP contribution in [0.5, 0.6) is 5.75 Å². The van der Waals surface area contributed by atoms with Crippen LogP contribution in [0, 0.1) is 6.92 Å². The highest BCUT2D eigenvalue weighted by Crippen LogP contribution is 2.33. The highest BCUT2D eigenvalue weighted by Gasteiger charge is 2.19. The Bertz CT molecular complexity index is 1110. The average molecular weight is 331 g/mol. The van der Waals surface area contributed by atoms with Crippen LogP contribution in [0.3, 0.4) is 0 Å². The van der Waals surface area contributed by atoms with Crippen molar-refractivity contribution in [2.24, 2.45) is 0 Å². The van der Waals surface area contributed by atoms with E-state index in [0.29, 0.717) is 11.7 Å². The quantitative estimate of drug-likeness (QED) is 0.571. The summed E-state index contributed by atoms with van der Waals surface area (Å²) in [6.45, 7) is 1.84. The summed E-state index contributed by atoms with van der Waals surface area (Å²) in [5, 5.41) is 15.3. The second-order valence-electron chi connectivity index (χ2n) is 6.57. The molecular formula is C20H17N3O2. The summed E-state index contributed by atoms with van der Waals surface area (Å²) in [7, 11) is 0. The van der Waals surface area contributed by atoms with Crippen LogP contribution in [0.15, 0.2) is 40.9 Å². The first kappa shape index (κ1) is 14.3. The number of phenols is 1. The lowest BCUT2D eigenvalue weighted by Gasteiger charge is -2.02. The molecule has 1 aliphatic rings. The predicted molar refractivity (Wildman–Crippen MR) is 95.5 cm³/mol. The highest BCUT2D eigenvalue weighted by molar-refractivity contribution is 5.89. The van der Waals surface area contributed by atoms with Crippen LogP contribution in [0.2, 0.25) is 0 Å². The van der Waals surface area contributed by atoms with E-state index in [1.165, 1.54) is 28.6 Å². The molecule has 2 aromatic carbocycles. The van der Waals surface area contributed by atoms with E-state index in [4.69, 9.17) is 4.52 Å². The monoisotopic (exact) mass is 331 g/mol. The van der Waals surface area contributed by atoms with Crippen molar-refractivity contribution in [1.29, 1.82) is 0 Å². The Kier molecular flexibility index (Phi) is 2.98. The van der Waals surface area contributed by atoms with Gasteiger partial charge in [0, 0.05) is 33.3 Å². The Morgan fingerprint density at radius 2 is 2.08 bits per heavy atom. The summed E-state index contributed by atoms with van der Waals surface area (Å²) < 4.78 is 5.45. The lowest BCUT2D eigenvalue weighted by atomic mass is 10.1. The first-order valence-electron chi connectivity index (χ1n) is 8.47. The number of phenolic OH excluding ortho intramolecular Hbond substituents is 1. The molecule has 2 N–H and O–H groups in total. The van der Waals surface area contributed by atoms with Gasteiger partial charge >= 0.3 is 0 Å². The lowest BCUT2D eigenvalue weighted by Crippen LogP contribution is -1.85. The molecular weight excluding hydrogens is 314 g/mol. The van der Waals surface area contributed by atoms with Gasteiger partial charge in [0.05, 0.1) is 0 Å². The molecule has 0 fully saturated rings. The van der Waals surface area contributed by atoms with Gasteiger partial charge in [-0.25, -0.2) is 0 Å². The average Bonchev–Trinajstić information content (AvgIpc) is 3.32. The third-order valence-corrected chi connectivity index (χ3v) is 5.07. The van der Waals surface area contributed by atoms with E-state index < -0.39 is 0 Å². The minimum absolute atomic E-state index is 0.224. The second kappa shape index (κ2) is 5.21. The van der Waals surface area contributed by atoms with E-state index in [9.17, 15) is 5.11 Å². The number of hydrogen-bond acceptors (Lipinski definition) is 4. The second-order valence-corrected chi connectivity index (χ2v) is 6.57. The minimum atomic E-state index is 0.224. The molecule has 2 heterocycles. The van der Waals surface area contributed by atoms with Crippen molar-refractivity contribution in [3.05, 3.63) is 53.2 Å². The zero-order valence-corrected chi connectivity index (χ0v) is 13.8. The molecule has 0 saturated carbocycles. The number of aromatic hydroxyl groups is 1. The van der Waals surface area contributed by atoms with Crippen molar-refractivity contribution >= 4 is 10.9 Å². The van der Waals surface area contributed by atoms with Crippen molar-refractivity contribution in [1.82, 2.24) is 15.1 Å².